The lowest BCUT2D eigenvalue weighted by Crippen LogP contribution is -1.92. The standard InChI is InChI=1S/C14H16N4/c1-8-13(9(2)18(4)17-8)11-6-5-7-12-14(11)16-10(3)15-12/h5-7H,1-4H3,(H,15,16). The van der Waals surface area contributed by atoms with Gasteiger partial charge < -0.3 is 4.98 Å². The zero-order valence-electron chi connectivity index (χ0n) is 11.1. The number of rotatable bonds is 1. The van der Waals surface area contributed by atoms with Gasteiger partial charge in [-0.2, -0.15) is 5.10 Å². The highest BCUT2D eigenvalue weighted by atomic mass is 15.3. The molecule has 4 heteroatoms. The van der Waals surface area contributed by atoms with E-state index in [0.29, 0.717) is 0 Å². The number of imidazole rings is 1. The second-order valence-corrected chi connectivity index (χ2v) is 4.69. The summed E-state index contributed by atoms with van der Waals surface area (Å²) in [5.41, 5.74) is 6.65. The fourth-order valence-corrected chi connectivity index (χ4v) is 2.52. The molecule has 0 saturated heterocycles. The van der Waals surface area contributed by atoms with E-state index in [4.69, 9.17) is 0 Å². The number of aromatic nitrogens is 4. The van der Waals surface area contributed by atoms with Crippen molar-refractivity contribution in [3.8, 4) is 11.1 Å². The van der Waals surface area contributed by atoms with Gasteiger partial charge in [-0.3, -0.25) is 4.68 Å². The molecule has 0 amide bonds. The minimum Gasteiger partial charge on any atom is -0.342 e. The maximum Gasteiger partial charge on any atom is 0.104 e. The quantitative estimate of drug-likeness (QED) is 0.711. The molecule has 3 rings (SSSR count). The first-order valence-corrected chi connectivity index (χ1v) is 6.04. The molecule has 0 aliphatic carbocycles. The van der Waals surface area contributed by atoms with Gasteiger partial charge in [0, 0.05) is 23.9 Å². The summed E-state index contributed by atoms with van der Waals surface area (Å²) in [4.78, 5) is 7.86. The summed E-state index contributed by atoms with van der Waals surface area (Å²) >= 11 is 0. The number of hydrogen-bond donors (Lipinski definition) is 1. The van der Waals surface area contributed by atoms with Crippen molar-refractivity contribution >= 4 is 11.0 Å². The predicted octanol–water partition coefficient (Wildman–Crippen LogP) is 2.89. The molecule has 18 heavy (non-hydrogen) atoms. The Morgan fingerprint density at radius 1 is 1.17 bits per heavy atom. The van der Waals surface area contributed by atoms with Crippen LogP contribution in [0.3, 0.4) is 0 Å². The zero-order chi connectivity index (χ0) is 12.9. The molecule has 0 radical (unpaired) electrons. The van der Waals surface area contributed by atoms with Crippen molar-refractivity contribution in [1.29, 1.82) is 0 Å². The van der Waals surface area contributed by atoms with E-state index >= 15 is 0 Å². The van der Waals surface area contributed by atoms with E-state index in [-0.39, 0.29) is 0 Å². The second kappa shape index (κ2) is 3.70. The highest BCUT2D eigenvalue weighted by Gasteiger charge is 2.15. The number of nitrogens with one attached hydrogen (secondary N) is 1. The summed E-state index contributed by atoms with van der Waals surface area (Å²) in [6.45, 7) is 6.11. The van der Waals surface area contributed by atoms with Gasteiger partial charge in [0.1, 0.15) is 5.82 Å². The SMILES string of the molecule is Cc1nc2c(-c3c(C)nn(C)c3C)cccc2[nH]1. The molecular weight excluding hydrogens is 224 g/mol. The number of H-pyrrole nitrogens is 1. The van der Waals surface area contributed by atoms with Gasteiger partial charge in [0.25, 0.3) is 0 Å². The third-order valence-corrected chi connectivity index (χ3v) is 3.41. The molecule has 4 nitrogen and oxygen atoms in total. The van der Waals surface area contributed by atoms with Crippen LogP contribution in [0.2, 0.25) is 0 Å². The van der Waals surface area contributed by atoms with Crippen molar-refractivity contribution in [2.24, 2.45) is 7.05 Å². The predicted molar refractivity (Wildman–Crippen MR) is 72.5 cm³/mol. The highest BCUT2D eigenvalue weighted by molar-refractivity contribution is 5.93. The van der Waals surface area contributed by atoms with Crippen molar-refractivity contribution in [3.63, 3.8) is 0 Å². The molecule has 0 aliphatic rings. The minimum atomic E-state index is 0.941. The number of aryl methyl sites for hydroxylation is 3. The third kappa shape index (κ3) is 1.45. The van der Waals surface area contributed by atoms with Crippen molar-refractivity contribution in [2.45, 2.75) is 20.8 Å². The Kier molecular flexibility index (Phi) is 2.26. The zero-order valence-corrected chi connectivity index (χ0v) is 11.1. The Labute approximate surface area is 106 Å². The lowest BCUT2D eigenvalue weighted by atomic mass is 10.0. The van der Waals surface area contributed by atoms with Crippen LogP contribution in [0, 0.1) is 20.8 Å². The average molecular weight is 240 g/mol. The normalized spacial score (nSPS) is 11.3. The number of hydrogen-bond acceptors (Lipinski definition) is 2. The Hall–Kier alpha value is -2.10. The maximum atomic E-state index is 4.59. The van der Waals surface area contributed by atoms with Crippen LogP contribution in [0.4, 0.5) is 0 Å². The largest absolute Gasteiger partial charge is 0.342 e. The fraction of sp³-hybridized carbons (Fsp3) is 0.286. The Morgan fingerprint density at radius 3 is 2.61 bits per heavy atom. The van der Waals surface area contributed by atoms with Gasteiger partial charge in [-0.25, -0.2) is 4.98 Å². The van der Waals surface area contributed by atoms with E-state index in [9.17, 15) is 0 Å². The highest BCUT2D eigenvalue weighted by Crippen LogP contribution is 2.31. The molecule has 0 saturated carbocycles. The van der Waals surface area contributed by atoms with Crippen LogP contribution < -0.4 is 0 Å². The molecule has 0 bridgehead atoms. The van der Waals surface area contributed by atoms with Crippen molar-refractivity contribution in [3.05, 3.63) is 35.4 Å². The number of benzene rings is 1. The van der Waals surface area contributed by atoms with Crippen LogP contribution in [0.5, 0.6) is 0 Å². The van der Waals surface area contributed by atoms with Gasteiger partial charge in [-0.05, 0) is 26.8 Å². The van der Waals surface area contributed by atoms with Crippen LogP contribution >= 0.6 is 0 Å². The molecule has 1 N–H and O–H groups in total. The molecule has 2 aromatic heterocycles. The Morgan fingerprint density at radius 2 is 1.94 bits per heavy atom. The molecule has 2 heterocycles. The molecular formula is C14H16N4. The van der Waals surface area contributed by atoms with E-state index in [0.717, 1.165) is 28.1 Å². The minimum absolute atomic E-state index is 0.941. The summed E-state index contributed by atoms with van der Waals surface area (Å²) in [5, 5.41) is 4.48. The van der Waals surface area contributed by atoms with E-state index in [1.165, 1.54) is 11.3 Å². The Balaban J connectivity index is 2.38. The molecule has 0 atom stereocenters. The number of para-hydroxylation sites is 1. The summed E-state index contributed by atoms with van der Waals surface area (Å²) in [5.74, 6) is 0.941. The van der Waals surface area contributed by atoms with E-state index < -0.39 is 0 Å². The lowest BCUT2D eigenvalue weighted by molar-refractivity contribution is 0.731. The first-order valence-electron chi connectivity index (χ1n) is 6.04. The molecule has 1 aromatic carbocycles. The van der Waals surface area contributed by atoms with Crippen molar-refractivity contribution in [1.82, 2.24) is 19.7 Å². The second-order valence-electron chi connectivity index (χ2n) is 4.69. The van der Waals surface area contributed by atoms with Gasteiger partial charge >= 0.3 is 0 Å². The topological polar surface area (TPSA) is 46.5 Å². The van der Waals surface area contributed by atoms with E-state index in [2.05, 4.69) is 40.2 Å². The van der Waals surface area contributed by atoms with Crippen LogP contribution in [-0.2, 0) is 7.05 Å². The van der Waals surface area contributed by atoms with Gasteiger partial charge in [-0.1, -0.05) is 12.1 Å². The van der Waals surface area contributed by atoms with E-state index in [1.54, 1.807) is 0 Å². The fourth-order valence-electron chi connectivity index (χ4n) is 2.52. The van der Waals surface area contributed by atoms with Crippen LogP contribution in [-0.4, -0.2) is 19.7 Å². The molecule has 3 aromatic rings. The van der Waals surface area contributed by atoms with Gasteiger partial charge in [0.2, 0.25) is 0 Å². The molecule has 0 fully saturated rings. The average Bonchev–Trinajstić information content (AvgIpc) is 2.80. The third-order valence-electron chi connectivity index (χ3n) is 3.41. The van der Waals surface area contributed by atoms with Gasteiger partial charge in [-0.15, -0.1) is 0 Å². The molecule has 92 valence electrons. The first kappa shape index (κ1) is 11.0. The molecule has 0 aliphatic heterocycles. The number of nitrogens with zero attached hydrogens (tertiary/aromatic N) is 3. The van der Waals surface area contributed by atoms with Crippen LogP contribution in [0.25, 0.3) is 22.2 Å². The monoisotopic (exact) mass is 240 g/mol. The number of fused-ring (bicyclic) bond motifs is 1. The summed E-state index contributed by atoms with van der Waals surface area (Å²) in [7, 11) is 1.97. The molecule has 0 unspecified atom stereocenters. The van der Waals surface area contributed by atoms with Gasteiger partial charge in [0.15, 0.2) is 0 Å². The summed E-state index contributed by atoms with van der Waals surface area (Å²) in [6, 6.07) is 6.22. The van der Waals surface area contributed by atoms with Gasteiger partial charge in [0.05, 0.1) is 16.7 Å². The van der Waals surface area contributed by atoms with Crippen LogP contribution in [0.1, 0.15) is 17.2 Å². The smallest absolute Gasteiger partial charge is 0.104 e. The summed E-state index contributed by atoms with van der Waals surface area (Å²) in [6.07, 6.45) is 0. The van der Waals surface area contributed by atoms with E-state index in [1.807, 2.05) is 25.6 Å². The van der Waals surface area contributed by atoms with Crippen molar-refractivity contribution in [2.75, 3.05) is 0 Å². The maximum absolute atomic E-state index is 4.59. The summed E-state index contributed by atoms with van der Waals surface area (Å²) < 4.78 is 1.92. The first-order chi connectivity index (χ1) is 8.58. The molecule has 0 spiro atoms. The number of aromatic amines is 1. The lowest BCUT2D eigenvalue weighted by Gasteiger charge is -2.03. The van der Waals surface area contributed by atoms with Crippen molar-refractivity contribution < 1.29 is 0 Å². The van der Waals surface area contributed by atoms with Crippen LogP contribution in [0.15, 0.2) is 18.2 Å². The Bertz CT molecular complexity index is 734.